The van der Waals surface area contributed by atoms with Crippen LogP contribution >= 0.6 is 0 Å². The molecule has 0 unspecified atom stereocenters. The molecule has 0 N–H and O–H groups in total. The van der Waals surface area contributed by atoms with Gasteiger partial charge in [-0.05, 0) is 119 Å². The fourth-order valence-electron chi connectivity index (χ4n) is 6.61. The third-order valence-corrected chi connectivity index (χ3v) is 8.17. The molecule has 4 aliphatic rings. The number of hydrogen-bond acceptors (Lipinski definition) is 3. The van der Waals surface area contributed by atoms with E-state index in [9.17, 15) is 9.59 Å². The Hall–Kier alpha value is -1.64. The van der Waals surface area contributed by atoms with Crippen LogP contribution in [-0.2, 0) is 9.53 Å². The summed E-state index contributed by atoms with van der Waals surface area (Å²) in [5.41, 5.74) is 5.90. The summed E-state index contributed by atoms with van der Waals surface area (Å²) in [6.45, 7) is 10.1. The lowest BCUT2D eigenvalue weighted by atomic mass is 9.48. The highest BCUT2D eigenvalue weighted by Crippen LogP contribution is 2.60. The van der Waals surface area contributed by atoms with Gasteiger partial charge in [0.2, 0.25) is 0 Å². The maximum atomic E-state index is 13.1. The number of ether oxygens (including phenoxy) is 1. The van der Waals surface area contributed by atoms with Crippen molar-refractivity contribution in [2.24, 2.45) is 23.2 Å². The van der Waals surface area contributed by atoms with Crippen molar-refractivity contribution in [3.8, 4) is 0 Å². The molecule has 0 aromatic heterocycles. The second kappa shape index (κ2) is 6.46. The minimum Gasteiger partial charge on any atom is -0.454 e. The molecule has 0 radical (unpaired) electrons. The highest BCUT2D eigenvalue weighted by atomic mass is 16.5. The van der Waals surface area contributed by atoms with Crippen molar-refractivity contribution in [2.45, 2.75) is 73.1 Å². The third kappa shape index (κ3) is 2.94. The molecule has 146 valence electrons. The van der Waals surface area contributed by atoms with Gasteiger partial charge in [0.05, 0.1) is 5.56 Å². The first-order valence-corrected chi connectivity index (χ1v) is 10.5. The van der Waals surface area contributed by atoms with Gasteiger partial charge in [-0.25, -0.2) is 4.79 Å². The molecule has 0 amide bonds. The second-order valence-electron chi connectivity index (χ2n) is 9.70. The Labute approximate surface area is 162 Å². The number of carbonyl (C=O) groups is 2. The standard InChI is InChI=1S/C24H32O3/c1-13-14(2)16(4)22(17(5)15(13)3)23(26)27-12-21(25)24-9-18-6-19(10-24)8-20(7-18)11-24/h18-20H,6-12H2,1-5H3. The van der Waals surface area contributed by atoms with Crippen molar-refractivity contribution in [3.05, 3.63) is 33.4 Å². The van der Waals surface area contributed by atoms with Gasteiger partial charge < -0.3 is 4.74 Å². The van der Waals surface area contributed by atoms with Gasteiger partial charge in [0.15, 0.2) is 12.4 Å². The van der Waals surface area contributed by atoms with Crippen LogP contribution in [0.4, 0.5) is 0 Å². The molecule has 4 saturated carbocycles. The van der Waals surface area contributed by atoms with Crippen LogP contribution in [0, 0.1) is 57.8 Å². The Bertz CT molecular complexity index is 753. The molecule has 3 nitrogen and oxygen atoms in total. The number of ketones is 1. The average molecular weight is 369 g/mol. The van der Waals surface area contributed by atoms with Crippen molar-refractivity contribution < 1.29 is 14.3 Å². The average Bonchev–Trinajstić information content (AvgIpc) is 2.62. The molecule has 0 heterocycles. The Morgan fingerprint density at radius 2 is 1.19 bits per heavy atom. The van der Waals surface area contributed by atoms with E-state index in [0.29, 0.717) is 5.56 Å². The summed E-state index contributed by atoms with van der Waals surface area (Å²) in [7, 11) is 0. The van der Waals surface area contributed by atoms with E-state index in [0.717, 1.165) is 59.3 Å². The van der Waals surface area contributed by atoms with Gasteiger partial charge in [-0.15, -0.1) is 0 Å². The lowest BCUT2D eigenvalue weighted by molar-refractivity contribution is -0.147. The molecule has 4 aliphatic carbocycles. The summed E-state index contributed by atoms with van der Waals surface area (Å²) in [6.07, 6.45) is 7.01. The number of rotatable bonds is 4. The van der Waals surface area contributed by atoms with E-state index in [-0.39, 0.29) is 23.8 Å². The summed E-state index contributed by atoms with van der Waals surface area (Å²) in [5, 5.41) is 0. The minimum atomic E-state index is -0.339. The number of benzene rings is 1. The number of esters is 1. The van der Waals surface area contributed by atoms with E-state index in [2.05, 4.69) is 20.8 Å². The van der Waals surface area contributed by atoms with E-state index in [4.69, 9.17) is 4.74 Å². The predicted octanol–water partition coefficient (Wildman–Crippen LogP) is 5.17. The molecule has 4 fully saturated rings. The SMILES string of the molecule is Cc1c(C)c(C)c(C(=O)OCC(=O)C23CC4CC(CC(C4)C2)C3)c(C)c1C. The predicted molar refractivity (Wildman–Crippen MR) is 106 cm³/mol. The lowest BCUT2D eigenvalue weighted by Crippen LogP contribution is -2.51. The Kier molecular flexibility index (Phi) is 4.48. The van der Waals surface area contributed by atoms with Crippen LogP contribution in [0.3, 0.4) is 0 Å². The zero-order chi connectivity index (χ0) is 19.5. The molecule has 5 rings (SSSR count). The fourth-order valence-corrected chi connectivity index (χ4v) is 6.61. The summed E-state index contributed by atoms with van der Waals surface area (Å²) in [5.74, 6) is 2.01. The van der Waals surface area contributed by atoms with Crippen LogP contribution < -0.4 is 0 Å². The van der Waals surface area contributed by atoms with Gasteiger partial charge in [0.1, 0.15) is 0 Å². The molecule has 3 heteroatoms. The molecule has 0 aliphatic heterocycles. The topological polar surface area (TPSA) is 43.4 Å². The van der Waals surface area contributed by atoms with Crippen molar-refractivity contribution in [3.63, 3.8) is 0 Å². The fraction of sp³-hybridized carbons (Fsp3) is 0.667. The minimum absolute atomic E-state index is 0.0597. The molecule has 0 atom stereocenters. The Balaban J connectivity index is 1.50. The maximum absolute atomic E-state index is 13.1. The Morgan fingerprint density at radius 3 is 1.63 bits per heavy atom. The maximum Gasteiger partial charge on any atom is 0.339 e. The molecule has 0 spiro atoms. The Morgan fingerprint density at radius 1 is 0.778 bits per heavy atom. The number of carbonyl (C=O) groups excluding carboxylic acids is 2. The van der Waals surface area contributed by atoms with E-state index < -0.39 is 0 Å². The second-order valence-corrected chi connectivity index (χ2v) is 9.70. The highest BCUT2D eigenvalue weighted by molar-refractivity contribution is 5.96. The summed E-state index contributed by atoms with van der Waals surface area (Å²) < 4.78 is 5.60. The smallest absolute Gasteiger partial charge is 0.339 e. The summed E-state index contributed by atoms with van der Waals surface area (Å²) in [4.78, 5) is 26.0. The van der Waals surface area contributed by atoms with Gasteiger partial charge in [0.25, 0.3) is 0 Å². The van der Waals surface area contributed by atoms with Gasteiger partial charge in [-0.1, -0.05) is 0 Å². The van der Waals surface area contributed by atoms with Gasteiger partial charge >= 0.3 is 5.97 Å². The van der Waals surface area contributed by atoms with Crippen LogP contribution in [0.1, 0.15) is 76.7 Å². The third-order valence-electron chi connectivity index (χ3n) is 8.17. The summed E-state index contributed by atoms with van der Waals surface area (Å²) in [6, 6.07) is 0. The van der Waals surface area contributed by atoms with Crippen molar-refractivity contribution in [1.82, 2.24) is 0 Å². The zero-order valence-corrected chi connectivity index (χ0v) is 17.4. The number of Topliss-reactive ketones (excluding diaryl/α,β-unsaturated/α-hetero) is 1. The molecule has 0 saturated heterocycles. The van der Waals surface area contributed by atoms with E-state index in [1.54, 1.807) is 0 Å². The molecule has 1 aromatic carbocycles. The van der Waals surface area contributed by atoms with Crippen LogP contribution in [0.15, 0.2) is 0 Å². The summed E-state index contributed by atoms with van der Waals surface area (Å²) >= 11 is 0. The molecular weight excluding hydrogens is 336 g/mol. The highest BCUT2D eigenvalue weighted by Gasteiger charge is 2.54. The first-order valence-electron chi connectivity index (χ1n) is 10.5. The van der Waals surface area contributed by atoms with Crippen LogP contribution in [0.2, 0.25) is 0 Å². The molecule has 1 aromatic rings. The van der Waals surface area contributed by atoms with Crippen LogP contribution in [0.5, 0.6) is 0 Å². The van der Waals surface area contributed by atoms with Gasteiger partial charge in [-0.2, -0.15) is 0 Å². The first kappa shape index (κ1) is 18.7. The largest absolute Gasteiger partial charge is 0.454 e. The first-order chi connectivity index (χ1) is 12.7. The van der Waals surface area contributed by atoms with Crippen molar-refractivity contribution >= 4 is 11.8 Å². The number of hydrogen-bond donors (Lipinski definition) is 0. The monoisotopic (exact) mass is 368 g/mol. The van der Waals surface area contributed by atoms with E-state index in [1.165, 1.54) is 24.8 Å². The molecular formula is C24H32O3. The lowest BCUT2D eigenvalue weighted by Gasteiger charge is -2.55. The van der Waals surface area contributed by atoms with E-state index in [1.807, 2.05) is 13.8 Å². The molecule has 27 heavy (non-hydrogen) atoms. The van der Waals surface area contributed by atoms with E-state index >= 15 is 0 Å². The van der Waals surface area contributed by atoms with Gasteiger partial charge in [0, 0.05) is 5.41 Å². The van der Waals surface area contributed by atoms with Gasteiger partial charge in [-0.3, -0.25) is 4.79 Å². The van der Waals surface area contributed by atoms with Crippen LogP contribution in [0.25, 0.3) is 0 Å². The normalized spacial score (nSPS) is 31.2. The molecule has 4 bridgehead atoms. The van der Waals surface area contributed by atoms with Crippen molar-refractivity contribution in [1.29, 1.82) is 0 Å². The van der Waals surface area contributed by atoms with Crippen LogP contribution in [-0.4, -0.2) is 18.4 Å². The quantitative estimate of drug-likeness (QED) is 0.689. The zero-order valence-electron chi connectivity index (χ0n) is 17.4. The van der Waals surface area contributed by atoms with Crippen molar-refractivity contribution in [2.75, 3.05) is 6.61 Å².